The number of hydrogen-bond donors (Lipinski definition) is 0. The Hall–Kier alpha value is -2.04. The van der Waals surface area contributed by atoms with Crippen molar-refractivity contribution in [2.45, 2.75) is 27.2 Å². The van der Waals surface area contributed by atoms with Crippen LogP contribution < -0.4 is 4.74 Å². The van der Waals surface area contributed by atoms with Gasteiger partial charge in [0.05, 0.1) is 19.8 Å². The highest BCUT2D eigenvalue weighted by atomic mass is 16.6. The summed E-state index contributed by atoms with van der Waals surface area (Å²) in [6, 6.07) is 7.28. The van der Waals surface area contributed by atoms with Crippen LogP contribution in [0, 0.1) is 5.92 Å². The predicted octanol–water partition coefficient (Wildman–Crippen LogP) is 2.37. The number of ether oxygens (including phenoxy) is 3. The molecule has 1 aromatic carbocycles. The van der Waals surface area contributed by atoms with Crippen molar-refractivity contribution >= 4 is 11.9 Å². The van der Waals surface area contributed by atoms with Gasteiger partial charge in [-0.25, -0.2) is 0 Å². The normalized spacial score (nSPS) is 10.3. The molecule has 0 bridgehead atoms. The molecule has 1 aromatic rings. The van der Waals surface area contributed by atoms with E-state index < -0.39 is 17.9 Å². The maximum Gasteiger partial charge on any atom is 0.320 e. The van der Waals surface area contributed by atoms with Crippen molar-refractivity contribution in [2.75, 3.05) is 19.8 Å². The zero-order valence-electron chi connectivity index (χ0n) is 12.8. The smallest absolute Gasteiger partial charge is 0.320 e. The van der Waals surface area contributed by atoms with Crippen LogP contribution in [0.3, 0.4) is 0 Å². The Morgan fingerprint density at radius 3 is 1.86 bits per heavy atom. The fourth-order valence-corrected chi connectivity index (χ4v) is 1.87. The molecule has 0 heterocycles. The van der Waals surface area contributed by atoms with Gasteiger partial charge in [-0.05, 0) is 44.9 Å². The molecule has 0 aliphatic rings. The summed E-state index contributed by atoms with van der Waals surface area (Å²) in [5.74, 6) is -1.28. The molecule has 0 aliphatic heterocycles. The van der Waals surface area contributed by atoms with Crippen molar-refractivity contribution in [3.05, 3.63) is 29.8 Å². The van der Waals surface area contributed by atoms with E-state index in [9.17, 15) is 9.59 Å². The first kappa shape index (κ1) is 17.0. The molecule has 0 aliphatic carbocycles. The molecule has 5 heteroatoms. The number of hydrogen-bond acceptors (Lipinski definition) is 5. The van der Waals surface area contributed by atoms with Crippen LogP contribution in [0.1, 0.15) is 26.3 Å². The van der Waals surface area contributed by atoms with Gasteiger partial charge in [-0.3, -0.25) is 9.59 Å². The fraction of sp³-hybridized carbons (Fsp3) is 0.500. The molecule has 0 saturated heterocycles. The van der Waals surface area contributed by atoms with Crippen molar-refractivity contribution in [2.24, 2.45) is 5.92 Å². The van der Waals surface area contributed by atoms with Crippen LogP contribution in [0.25, 0.3) is 0 Å². The molecule has 1 rings (SSSR count). The molecule has 116 valence electrons. The highest BCUT2D eigenvalue weighted by Crippen LogP contribution is 2.17. The first-order valence-corrected chi connectivity index (χ1v) is 7.17. The quantitative estimate of drug-likeness (QED) is 0.544. The summed E-state index contributed by atoms with van der Waals surface area (Å²) in [6.07, 6.45) is 0.254. The molecule has 0 fully saturated rings. The van der Waals surface area contributed by atoms with Crippen LogP contribution in [0.4, 0.5) is 0 Å². The van der Waals surface area contributed by atoms with Crippen LogP contribution in [0.2, 0.25) is 0 Å². The molecule has 0 saturated carbocycles. The lowest BCUT2D eigenvalue weighted by Gasteiger charge is -2.14. The molecule has 0 aromatic heterocycles. The third-order valence-electron chi connectivity index (χ3n) is 2.82. The minimum atomic E-state index is -0.928. The Kier molecular flexibility index (Phi) is 7.29. The number of carbonyl (C=O) groups is 2. The fourth-order valence-electron chi connectivity index (χ4n) is 1.87. The number of rotatable bonds is 8. The molecule has 5 nitrogen and oxygen atoms in total. The van der Waals surface area contributed by atoms with E-state index in [0.29, 0.717) is 6.61 Å². The van der Waals surface area contributed by atoms with E-state index in [2.05, 4.69) is 0 Å². The summed E-state index contributed by atoms with van der Waals surface area (Å²) in [5.41, 5.74) is 0.851. The maximum atomic E-state index is 11.9. The highest BCUT2D eigenvalue weighted by Gasteiger charge is 2.29. The van der Waals surface area contributed by atoms with Crippen LogP contribution in [0.5, 0.6) is 5.75 Å². The second-order valence-corrected chi connectivity index (χ2v) is 4.34. The Labute approximate surface area is 125 Å². The zero-order valence-corrected chi connectivity index (χ0v) is 12.8. The first-order chi connectivity index (χ1) is 10.1. The highest BCUT2D eigenvalue weighted by molar-refractivity contribution is 5.95. The van der Waals surface area contributed by atoms with Gasteiger partial charge in [-0.2, -0.15) is 0 Å². The van der Waals surface area contributed by atoms with Crippen LogP contribution >= 0.6 is 0 Å². The van der Waals surface area contributed by atoms with E-state index in [0.717, 1.165) is 11.3 Å². The second-order valence-electron chi connectivity index (χ2n) is 4.34. The molecular weight excluding hydrogens is 272 g/mol. The summed E-state index contributed by atoms with van der Waals surface area (Å²) in [6.45, 7) is 6.38. The van der Waals surface area contributed by atoms with E-state index in [1.54, 1.807) is 13.8 Å². The van der Waals surface area contributed by atoms with Gasteiger partial charge in [-0.15, -0.1) is 0 Å². The van der Waals surface area contributed by atoms with Gasteiger partial charge in [0.1, 0.15) is 5.75 Å². The predicted molar refractivity (Wildman–Crippen MR) is 78.1 cm³/mol. The molecular formula is C16H22O5. The average molecular weight is 294 g/mol. The van der Waals surface area contributed by atoms with Crippen molar-refractivity contribution in [1.82, 2.24) is 0 Å². The summed E-state index contributed by atoms with van der Waals surface area (Å²) >= 11 is 0. The Balaban J connectivity index is 2.79. The summed E-state index contributed by atoms with van der Waals surface area (Å²) in [4.78, 5) is 23.8. The van der Waals surface area contributed by atoms with Crippen LogP contribution in [-0.4, -0.2) is 31.8 Å². The van der Waals surface area contributed by atoms with Gasteiger partial charge in [0, 0.05) is 0 Å². The lowest BCUT2D eigenvalue weighted by atomic mass is 9.99. The van der Waals surface area contributed by atoms with E-state index in [1.165, 1.54) is 0 Å². The van der Waals surface area contributed by atoms with Crippen molar-refractivity contribution < 1.29 is 23.8 Å². The van der Waals surface area contributed by atoms with Gasteiger partial charge in [0.25, 0.3) is 0 Å². The molecule has 21 heavy (non-hydrogen) atoms. The van der Waals surface area contributed by atoms with E-state index in [1.807, 2.05) is 31.2 Å². The first-order valence-electron chi connectivity index (χ1n) is 7.17. The van der Waals surface area contributed by atoms with E-state index in [4.69, 9.17) is 14.2 Å². The Morgan fingerprint density at radius 1 is 0.905 bits per heavy atom. The molecule has 0 atom stereocenters. The van der Waals surface area contributed by atoms with Crippen LogP contribution in [0.15, 0.2) is 24.3 Å². The second kappa shape index (κ2) is 9.00. The number of esters is 2. The molecule has 0 N–H and O–H groups in total. The third-order valence-corrected chi connectivity index (χ3v) is 2.82. The number of benzene rings is 1. The SMILES string of the molecule is CCOC(=O)C(Cc1ccc(OCC)cc1)C(=O)OCC. The standard InChI is InChI=1S/C16H22O5/c1-4-19-13-9-7-12(8-10-13)11-14(15(17)20-5-2)16(18)21-6-3/h7-10,14H,4-6,11H2,1-3H3. The lowest BCUT2D eigenvalue weighted by Crippen LogP contribution is -2.30. The summed E-state index contributed by atoms with van der Waals surface area (Å²) in [5, 5.41) is 0. The third kappa shape index (κ3) is 5.45. The molecule has 0 amide bonds. The maximum absolute atomic E-state index is 11.9. The Bertz CT molecular complexity index is 434. The van der Waals surface area contributed by atoms with Gasteiger partial charge in [0.2, 0.25) is 0 Å². The van der Waals surface area contributed by atoms with Gasteiger partial charge >= 0.3 is 11.9 Å². The van der Waals surface area contributed by atoms with Crippen molar-refractivity contribution in [3.8, 4) is 5.75 Å². The minimum Gasteiger partial charge on any atom is -0.494 e. The lowest BCUT2D eigenvalue weighted by molar-refractivity contribution is -0.161. The van der Waals surface area contributed by atoms with E-state index >= 15 is 0 Å². The molecule has 0 radical (unpaired) electrons. The molecule has 0 spiro atoms. The van der Waals surface area contributed by atoms with Crippen LogP contribution in [-0.2, 0) is 25.5 Å². The zero-order chi connectivity index (χ0) is 15.7. The van der Waals surface area contributed by atoms with E-state index in [-0.39, 0.29) is 19.6 Å². The monoisotopic (exact) mass is 294 g/mol. The average Bonchev–Trinajstić information content (AvgIpc) is 2.47. The topological polar surface area (TPSA) is 61.8 Å². The summed E-state index contributed by atoms with van der Waals surface area (Å²) < 4.78 is 15.2. The van der Waals surface area contributed by atoms with Gasteiger partial charge < -0.3 is 14.2 Å². The van der Waals surface area contributed by atoms with Gasteiger partial charge in [-0.1, -0.05) is 12.1 Å². The summed E-state index contributed by atoms with van der Waals surface area (Å²) in [7, 11) is 0. The van der Waals surface area contributed by atoms with Crippen molar-refractivity contribution in [3.63, 3.8) is 0 Å². The largest absolute Gasteiger partial charge is 0.494 e. The minimum absolute atomic E-state index is 0.234. The Morgan fingerprint density at radius 2 is 1.43 bits per heavy atom. The van der Waals surface area contributed by atoms with Crippen molar-refractivity contribution in [1.29, 1.82) is 0 Å². The van der Waals surface area contributed by atoms with Gasteiger partial charge in [0.15, 0.2) is 5.92 Å². The molecule has 0 unspecified atom stereocenters. The number of carbonyl (C=O) groups excluding carboxylic acids is 2.